The zero-order valence-corrected chi connectivity index (χ0v) is 17.4. The molecule has 0 unspecified atom stereocenters. The van der Waals surface area contributed by atoms with Crippen molar-refractivity contribution in [2.45, 2.75) is 0 Å². The highest BCUT2D eigenvalue weighted by Gasteiger charge is 2.14. The lowest BCUT2D eigenvalue weighted by molar-refractivity contribution is 1.25. The van der Waals surface area contributed by atoms with Crippen molar-refractivity contribution in [3.05, 3.63) is 121 Å². The van der Waals surface area contributed by atoms with Crippen LogP contribution >= 0.6 is 0 Å². The molecule has 4 aromatic carbocycles. The molecule has 0 N–H and O–H groups in total. The maximum atomic E-state index is 5.00. The van der Waals surface area contributed by atoms with Gasteiger partial charge in [-0.05, 0) is 63.0 Å². The van der Waals surface area contributed by atoms with Gasteiger partial charge in [-0.2, -0.15) is 0 Å². The largest absolute Gasteiger partial charge is 0.255 e. The maximum absolute atomic E-state index is 5.00. The first-order chi connectivity index (χ1) is 15.9. The zero-order valence-electron chi connectivity index (χ0n) is 17.4. The molecule has 0 radical (unpaired) electrons. The molecule has 6 rings (SSSR count). The van der Waals surface area contributed by atoms with Gasteiger partial charge in [0.25, 0.3) is 0 Å². The van der Waals surface area contributed by atoms with Crippen LogP contribution in [0.15, 0.2) is 121 Å². The van der Waals surface area contributed by atoms with Crippen molar-refractivity contribution in [1.82, 2.24) is 9.97 Å². The Labute approximate surface area is 186 Å². The number of nitrogens with zero attached hydrogens (tertiary/aromatic N) is 2. The van der Waals surface area contributed by atoms with Crippen LogP contribution in [0.2, 0.25) is 0 Å². The minimum atomic E-state index is 0.871. The monoisotopic (exact) mass is 408 g/mol. The van der Waals surface area contributed by atoms with E-state index in [2.05, 4.69) is 96.0 Å². The molecule has 0 aliphatic rings. The number of hydrogen-bond donors (Lipinski definition) is 0. The standard InChI is InChI=1S/C30H20N2/c1-2-10-21(11-3-1)28-19-24(20-29(32-28)27-16-8-9-17-31-27)30-25-14-6-4-12-22(25)18-23-13-5-7-15-26(23)30/h1-20H. The second kappa shape index (κ2) is 7.75. The molecule has 0 saturated heterocycles. The normalized spacial score (nSPS) is 11.1. The number of hydrogen-bond acceptors (Lipinski definition) is 2. The van der Waals surface area contributed by atoms with Crippen molar-refractivity contribution in [1.29, 1.82) is 0 Å². The highest BCUT2D eigenvalue weighted by molar-refractivity contribution is 6.13. The summed E-state index contributed by atoms with van der Waals surface area (Å²) >= 11 is 0. The van der Waals surface area contributed by atoms with E-state index in [1.54, 1.807) is 0 Å². The minimum Gasteiger partial charge on any atom is -0.255 e. The third kappa shape index (κ3) is 3.23. The fourth-order valence-electron chi connectivity index (χ4n) is 4.40. The van der Waals surface area contributed by atoms with Crippen molar-refractivity contribution >= 4 is 21.5 Å². The molecule has 32 heavy (non-hydrogen) atoms. The summed E-state index contributed by atoms with van der Waals surface area (Å²) in [5, 5.41) is 4.95. The molecule has 2 aromatic heterocycles. The van der Waals surface area contributed by atoms with Crippen LogP contribution in [0.25, 0.3) is 55.3 Å². The van der Waals surface area contributed by atoms with Gasteiger partial charge in [-0.25, -0.2) is 4.98 Å². The average Bonchev–Trinajstić information content (AvgIpc) is 2.88. The van der Waals surface area contributed by atoms with E-state index in [0.717, 1.165) is 28.2 Å². The molecule has 0 aliphatic heterocycles. The van der Waals surface area contributed by atoms with E-state index >= 15 is 0 Å². The van der Waals surface area contributed by atoms with Gasteiger partial charge in [-0.1, -0.05) is 84.9 Å². The molecule has 0 fully saturated rings. The van der Waals surface area contributed by atoms with Crippen molar-refractivity contribution in [3.63, 3.8) is 0 Å². The maximum Gasteiger partial charge on any atom is 0.0899 e. The fourth-order valence-corrected chi connectivity index (χ4v) is 4.40. The number of rotatable bonds is 3. The summed E-state index contributed by atoms with van der Waals surface area (Å²) in [5.74, 6) is 0. The van der Waals surface area contributed by atoms with Gasteiger partial charge in [0.2, 0.25) is 0 Å². The highest BCUT2D eigenvalue weighted by Crippen LogP contribution is 2.38. The molecule has 2 heterocycles. The predicted molar refractivity (Wildman–Crippen MR) is 133 cm³/mol. The topological polar surface area (TPSA) is 25.8 Å². The van der Waals surface area contributed by atoms with Crippen molar-refractivity contribution < 1.29 is 0 Å². The molecule has 2 nitrogen and oxygen atoms in total. The Morgan fingerprint density at radius 1 is 0.438 bits per heavy atom. The molecule has 150 valence electrons. The molecule has 2 heteroatoms. The SMILES string of the molecule is c1ccc(-c2cc(-c3c4ccccc4cc4ccccc34)cc(-c3ccccn3)n2)cc1. The molecule has 0 atom stereocenters. The lowest BCUT2D eigenvalue weighted by Crippen LogP contribution is -1.93. The van der Waals surface area contributed by atoms with E-state index in [4.69, 9.17) is 4.98 Å². The van der Waals surface area contributed by atoms with Crippen molar-refractivity contribution in [2.75, 3.05) is 0 Å². The van der Waals surface area contributed by atoms with E-state index in [9.17, 15) is 0 Å². The van der Waals surface area contributed by atoms with Crippen LogP contribution < -0.4 is 0 Å². The first kappa shape index (κ1) is 18.5. The number of benzene rings is 4. The quantitative estimate of drug-likeness (QED) is 0.279. The van der Waals surface area contributed by atoms with Crippen LogP contribution in [0.3, 0.4) is 0 Å². The summed E-state index contributed by atoms with van der Waals surface area (Å²) in [7, 11) is 0. The summed E-state index contributed by atoms with van der Waals surface area (Å²) in [6.45, 7) is 0. The second-order valence-electron chi connectivity index (χ2n) is 7.90. The van der Waals surface area contributed by atoms with E-state index in [-0.39, 0.29) is 0 Å². The van der Waals surface area contributed by atoms with Gasteiger partial charge in [-0.15, -0.1) is 0 Å². The lowest BCUT2D eigenvalue weighted by atomic mass is 9.91. The smallest absolute Gasteiger partial charge is 0.0899 e. The molecule has 0 amide bonds. The molecular weight excluding hydrogens is 388 g/mol. The van der Waals surface area contributed by atoms with E-state index in [0.29, 0.717) is 0 Å². The minimum absolute atomic E-state index is 0.871. The summed E-state index contributed by atoms with van der Waals surface area (Å²) in [6.07, 6.45) is 1.82. The zero-order chi connectivity index (χ0) is 21.3. The second-order valence-corrected chi connectivity index (χ2v) is 7.90. The summed E-state index contributed by atoms with van der Waals surface area (Å²) in [6, 6.07) is 40.2. The molecule has 0 bridgehead atoms. The summed E-state index contributed by atoms with van der Waals surface area (Å²) in [5.41, 5.74) is 6.16. The Morgan fingerprint density at radius 3 is 1.75 bits per heavy atom. The van der Waals surface area contributed by atoms with Gasteiger partial charge in [-0.3, -0.25) is 4.98 Å². The average molecular weight is 409 g/mol. The van der Waals surface area contributed by atoms with E-state index in [1.165, 1.54) is 27.1 Å². The first-order valence-electron chi connectivity index (χ1n) is 10.8. The van der Waals surface area contributed by atoms with Crippen LogP contribution in [0.4, 0.5) is 0 Å². The fraction of sp³-hybridized carbons (Fsp3) is 0. The lowest BCUT2D eigenvalue weighted by Gasteiger charge is -2.15. The Bertz CT molecular complexity index is 1440. The first-order valence-corrected chi connectivity index (χ1v) is 10.8. The van der Waals surface area contributed by atoms with Gasteiger partial charge in [0, 0.05) is 11.8 Å². The van der Waals surface area contributed by atoms with Crippen LogP contribution in [-0.2, 0) is 0 Å². The molecule has 0 aliphatic carbocycles. The van der Waals surface area contributed by atoms with E-state index in [1.807, 2.05) is 30.5 Å². The Hall–Kier alpha value is -4.30. The van der Waals surface area contributed by atoms with Crippen molar-refractivity contribution in [2.24, 2.45) is 0 Å². The Kier molecular flexibility index (Phi) is 4.47. The molecule has 6 aromatic rings. The molecule has 0 spiro atoms. The van der Waals surface area contributed by atoms with Crippen LogP contribution in [0.1, 0.15) is 0 Å². The summed E-state index contributed by atoms with van der Waals surface area (Å²) in [4.78, 5) is 9.58. The van der Waals surface area contributed by atoms with Crippen LogP contribution in [-0.4, -0.2) is 9.97 Å². The van der Waals surface area contributed by atoms with Crippen molar-refractivity contribution in [3.8, 4) is 33.8 Å². The van der Waals surface area contributed by atoms with Crippen LogP contribution in [0.5, 0.6) is 0 Å². The number of fused-ring (bicyclic) bond motifs is 2. The third-order valence-electron chi connectivity index (χ3n) is 5.88. The van der Waals surface area contributed by atoms with Gasteiger partial charge in [0.05, 0.1) is 17.1 Å². The van der Waals surface area contributed by atoms with Gasteiger partial charge >= 0.3 is 0 Å². The number of pyridine rings is 2. The van der Waals surface area contributed by atoms with Crippen LogP contribution in [0, 0.1) is 0 Å². The Morgan fingerprint density at radius 2 is 1.06 bits per heavy atom. The predicted octanol–water partition coefficient (Wildman–Crippen LogP) is 7.78. The summed E-state index contributed by atoms with van der Waals surface area (Å²) < 4.78 is 0. The molecule has 0 saturated carbocycles. The third-order valence-corrected chi connectivity index (χ3v) is 5.88. The van der Waals surface area contributed by atoms with E-state index < -0.39 is 0 Å². The number of aromatic nitrogens is 2. The van der Waals surface area contributed by atoms with Gasteiger partial charge < -0.3 is 0 Å². The molecular formula is C30H20N2. The Balaban J connectivity index is 1.71. The van der Waals surface area contributed by atoms with Gasteiger partial charge in [0.15, 0.2) is 0 Å². The van der Waals surface area contributed by atoms with Gasteiger partial charge in [0.1, 0.15) is 0 Å². The highest BCUT2D eigenvalue weighted by atomic mass is 14.8.